The zero-order valence-corrected chi connectivity index (χ0v) is 13.0. The van der Waals surface area contributed by atoms with Gasteiger partial charge in [0.25, 0.3) is 0 Å². The molecule has 1 aromatic heterocycles. The van der Waals surface area contributed by atoms with E-state index >= 15 is 0 Å². The summed E-state index contributed by atoms with van der Waals surface area (Å²) in [6.07, 6.45) is 2.68. The van der Waals surface area contributed by atoms with Crippen molar-refractivity contribution in [3.8, 4) is 0 Å². The first kappa shape index (κ1) is 15.0. The highest BCUT2D eigenvalue weighted by Gasteiger charge is 2.20. The highest BCUT2D eigenvalue weighted by molar-refractivity contribution is 7.11. The van der Waals surface area contributed by atoms with E-state index in [9.17, 15) is 5.11 Å². The van der Waals surface area contributed by atoms with Crippen LogP contribution in [0.1, 0.15) is 29.5 Å². The van der Waals surface area contributed by atoms with Crippen LogP contribution in [0.15, 0.2) is 12.1 Å². The van der Waals surface area contributed by atoms with E-state index in [4.69, 9.17) is 0 Å². The lowest BCUT2D eigenvalue weighted by Crippen LogP contribution is -2.41. The van der Waals surface area contributed by atoms with Crippen LogP contribution in [-0.4, -0.2) is 53.7 Å². The van der Waals surface area contributed by atoms with Crippen LogP contribution in [-0.2, 0) is 6.54 Å². The van der Waals surface area contributed by atoms with Crippen LogP contribution < -0.4 is 0 Å². The van der Waals surface area contributed by atoms with Crippen molar-refractivity contribution < 1.29 is 5.11 Å². The summed E-state index contributed by atoms with van der Waals surface area (Å²) in [5.74, 6) is 0. The highest BCUT2D eigenvalue weighted by atomic mass is 32.1. The zero-order valence-electron chi connectivity index (χ0n) is 12.1. The van der Waals surface area contributed by atoms with Gasteiger partial charge in [-0.1, -0.05) is 0 Å². The molecule has 0 spiro atoms. The summed E-state index contributed by atoms with van der Waals surface area (Å²) in [6.45, 7) is 9.99. The Labute approximate surface area is 120 Å². The lowest BCUT2D eigenvalue weighted by Gasteiger charge is -2.30. The Morgan fingerprint density at radius 1 is 1.37 bits per heavy atom. The molecule has 0 radical (unpaired) electrons. The second kappa shape index (κ2) is 7.39. The molecule has 0 unspecified atom stereocenters. The molecule has 1 saturated heterocycles. The van der Waals surface area contributed by atoms with Crippen LogP contribution in [0.4, 0.5) is 0 Å². The number of likely N-dealkylation sites (tertiary alicyclic amines) is 1. The van der Waals surface area contributed by atoms with Crippen molar-refractivity contribution in [2.24, 2.45) is 0 Å². The third-order valence-corrected chi connectivity index (χ3v) is 4.86. The molecule has 0 aromatic carbocycles. The number of hydrogen-bond acceptors (Lipinski definition) is 4. The molecule has 1 fully saturated rings. The molecule has 2 heterocycles. The lowest BCUT2D eigenvalue weighted by molar-refractivity contribution is 0.141. The molecular weight excluding hydrogens is 256 g/mol. The van der Waals surface area contributed by atoms with Crippen LogP contribution in [0.25, 0.3) is 0 Å². The predicted molar refractivity (Wildman–Crippen MR) is 81.7 cm³/mol. The zero-order chi connectivity index (χ0) is 13.7. The molecule has 3 nitrogen and oxygen atoms in total. The first-order chi connectivity index (χ1) is 9.19. The van der Waals surface area contributed by atoms with Gasteiger partial charge >= 0.3 is 0 Å². The Balaban J connectivity index is 1.87. The minimum Gasteiger partial charge on any atom is -0.395 e. The SMILES string of the molecule is Cc1ccc(CN(CCO)C[C@H](C)N2CCCC2)s1. The van der Waals surface area contributed by atoms with E-state index in [0.717, 1.165) is 19.6 Å². The molecule has 0 bridgehead atoms. The summed E-state index contributed by atoms with van der Waals surface area (Å²) in [5.41, 5.74) is 0. The average Bonchev–Trinajstić information content (AvgIpc) is 3.01. The molecule has 108 valence electrons. The fourth-order valence-electron chi connectivity index (χ4n) is 2.84. The van der Waals surface area contributed by atoms with Gasteiger partial charge in [0.15, 0.2) is 0 Å². The number of nitrogens with zero attached hydrogens (tertiary/aromatic N) is 2. The molecule has 19 heavy (non-hydrogen) atoms. The van der Waals surface area contributed by atoms with E-state index < -0.39 is 0 Å². The van der Waals surface area contributed by atoms with Gasteiger partial charge in [0.05, 0.1) is 6.61 Å². The lowest BCUT2D eigenvalue weighted by atomic mass is 10.2. The van der Waals surface area contributed by atoms with Crippen LogP contribution in [0, 0.1) is 6.92 Å². The maximum Gasteiger partial charge on any atom is 0.0558 e. The number of thiophene rings is 1. The van der Waals surface area contributed by atoms with Crippen molar-refractivity contribution in [3.63, 3.8) is 0 Å². The Hall–Kier alpha value is -0.420. The molecule has 0 amide bonds. The van der Waals surface area contributed by atoms with Crippen molar-refractivity contribution in [2.45, 2.75) is 39.3 Å². The molecule has 1 atom stereocenters. The van der Waals surface area contributed by atoms with E-state index in [1.807, 2.05) is 11.3 Å². The van der Waals surface area contributed by atoms with Gasteiger partial charge in [-0.05, 0) is 51.9 Å². The fraction of sp³-hybridized carbons (Fsp3) is 0.733. The van der Waals surface area contributed by atoms with Crippen molar-refractivity contribution >= 4 is 11.3 Å². The monoisotopic (exact) mass is 282 g/mol. The number of rotatable bonds is 7. The molecule has 2 rings (SSSR count). The van der Waals surface area contributed by atoms with Gasteiger partial charge in [-0.2, -0.15) is 0 Å². The maximum absolute atomic E-state index is 9.25. The van der Waals surface area contributed by atoms with Crippen LogP contribution in [0.5, 0.6) is 0 Å². The van der Waals surface area contributed by atoms with Gasteiger partial charge in [0, 0.05) is 35.4 Å². The van der Waals surface area contributed by atoms with E-state index in [-0.39, 0.29) is 6.61 Å². The van der Waals surface area contributed by atoms with E-state index in [2.05, 4.69) is 35.8 Å². The molecule has 1 aliphatic rings. The standard InChI is InChI=1S/C15H26N2OS/c1-13(17-7-3-4-8-17)11-16(9-10-18)12-15-6-5-14(2)19-15/h5-6,13,18H,3-4,7-12H2,1-2H3/t13-/m0/s1. The van der Waals surface area contributed by atoms with Crippen molar-refractivity contribution in [1.82, 2.24) is 9.80 Å². The van der Waals surface area contributed by atoms with Crippen molar-refractivity contribution in [3.05, 3.63) is 21.9 Å². The molecule has 1 N–H and O–H groups in total. The molecule has 1 aliphatic heterocycles. The van der Waals surface area contributed by atoms with E-state index in [0.29, 0.717) is 6.04 Å². The molecule has 0 saturated carbocycles. The van der Waals surface area contributed by atoms with Gasteiger partial charge in [0.1, 0.15) is 0 Å². The summed E-state index contributed by atoms with van der Waals surface area (Å²) in [7, 11) is 0. The van der Waals surface area contributed by atoms with Crippen molar-refractivity contribution in [2.75, 3.05) is 32.8 Å². The van der Waals surface area contributed by atoms with Crippen LogP contribution >= 0.6 is 11.3 Å². The Morgan fingerprint density at radius 2 is 2.11 bits per heavy atom. The maximum atomic E-state index is 9.25. The molecule has 1 aromatic rings. The van der Waals surface area contributed by atoms with Crippen molar-refractivity contribution in [1.29, 1.82) is 0 Å². The quantitative estimate of drug-likeness (QED) is 0.831. The summed E-state index contributed by atoms with van der Waals surface area (Å²) in [6, 6.07) is 4.99. The fourth-order valence-corrected chi connectivity index (χ4v) is 3.77. The van der Waals surface area contributed by atoms with Gasteiger partial charge in [-0.15, -0.1) is 11.3 Å². The van der Waals surface area contributed by atoms with Gasteiger partial charge in [-0.3, -0.25) is 9.80 Å². The van der Waals surface area contributed by atoms with Crippen LogP contribution in [0.2, 0.25) is 0 Å². The third-order valence-electron chi connectivity index (χ3n) is 3.88. The Kier molecular flexibility index (Phi) is 5.82. The number of aliphatic hydroxyl groups excluding tert-OH is 1. The van der Waals surface area contributed by atoms with Gasteiger partial charge < -0.3 is 5.11 Å². The first-order valence-electron chi connectivity index (χ1n) is 7.31. The summed E-state index contributed by atoms with van der Waals surface area (Å²) in [4.78, 5) is 7.73. The smallest absolute Gasteiger partial charge is 0.0558 e. The number of aryl methyl sites for hydroxylation is 1. The summed E-state index contributed by atoms with van der Waals surface area (Å²) in [5, 5.41) is 9.25. The number of hydrogen-bond donors (Lipinski definition) is 1. The Bertz CT molecular complexity index is 374. The highest BCUT2D eigenvalue weighted by Crippen LogP contribution is 2.18. The largest absolute Gasteiger partial charge is 0.395 e. The van der Waals surface area contributed by atoms with Gasteiger partial charge in [0.2, 0.25) is 0 Å². The Morgan fingerprint density at radius 3 is 2.68 bits per heavy atom. The van der Waals surface area contributed by atoms with Gasteiger partial charge in [-0.25, -0.2) is 0 Å². The summed E-state index contributed by atoms with van der Waals surface area (Å²) < 4.78 is 0. The minimum atomic E-state index is 0.247. The second-order valence-electron chi connectivity index (χ2n) is 5.56. The minimum absolute atomic E-state index is 0.247. The molecule has 4 heteroatoms. The average molecular weight is 282 g/mol. The first-order valence-corrected chi connectivity index (χ1v) is 8.13. The predicted octanol–water partition coefficient (Wildman–Crippen LogP) is 2.34. The second-order valence-corrected chi connectivity index (χ2v) is 6.94. The van der Waals surface area contributed by atoms with E-state index in [1.54, 1.807) is 0 Å². The third kappa shape index (κ3) is 4.56. The molecular formula is C15H26N2OS. The van der Waals surface area contributed by atoms with Crippen LogP contribution in [0.3, 0.4) is 0 Å². The summed E-state index contributed by atoms with van der Waals surface area (Å²) >= 11 is 1.86. The number of aliphatic hydroxyl groups is 1. The van der Waals surface area contributed by atoms with E-state index in [1.165, 1.54) is 35.7 Å². The normalized spacial score (nSPS) is 18.3. The molecule has 0 aliphatic carbocycles. The topological polar surface area (TPSA) is 26.7 Å².